The lowest BCUT2D eigenvalue weighted by Crippen LogP contribution is -2.34. The number of nitrogens with zero attached hydrogens (tertiary/aromatic N) is 1. The molecule has 0 aliphatic rings. The fourth-order valence-corrected chi connectivity index (χ4v) is 1.13. The van der Waals surface area contributed by atoms with E-state index in [0.29, 0.717) is 12.0 Å². The van der Waals surface area contributed by atoms with Gasteiger partial charge in [-0.05, 0) is 26.2 Å². The predicted octanol–water partition coefficient (Wildman–Crippen LogP) is 2.31. The average molecular weight is 168 g/mol. The zero-order chi connectivity index (χ0) is 9.56. The molecule has 0 bridgehead atoms. The number of rotatable bonds is 5. The van der Waals surface area contributed by atoms with Gasteiger partial charge in [0, 0.05) is 6.04 Å². The van der Waals surface area contributed by atoms with Gasteiger partial charge in [-0.15, -0.1) is 0 Å². The smallest absolute Gasteiger partial charge is 0.0957 e. The van der Waals surface area contributed by atoms with E-state index >= 15 is 0 Å². The second-order valence-corrected chi connectivity index (χ2v) is 3.75. The molecule has 0 unspecified atom stereocenters. The first-order valence-corrected chi connectivity index (χ1v) is 4.75. The quantitative estimate of drug-likeness (QED) is 0.683. The molecule has 0 heterocycles. The van der Waals surface area contributed by atoms with Crippen molar-refractivity contribution in [3.05, 3.63) is 0 Å². The van der Waals surface area contributed by atoms with E-state index in [2.05, 4.69) is 39.1 Å². The summed E-state index contributed by atoms with van der Waals surface area (Å²) in [6.45, 7) is 8.49. The molecule has 0 aromatic heterocycles. The molecule has 12 heavy (non-hydrogen) atoms. The Labute approximate surface area is 76.0 Å². The van der Waals surface area contributed by atoms with Crippen molar-refractivity contribution in [3.8, 4) is 6.07 Å². The lowest BCUT2D eigenvalue weighted by molar-refractivity contribution is 0.420. The number of nitriles is 1. The molecule has 0 aromatic carbocycles. The summed E-state index contributed by atoms with van der Waals surface area (Å²) in [7, 11) is 0. The normalized spacial score (nSPS) is 15.7. The van der Waals surface area contributed by atoms with E-state index in [4.69, 9.17) is 5.26 Å². The third kappa shape index (κ3) is 5.15. The topological polar surface area (TPSA) is 35.8 Å². The van der Waals surface area contributed by atoms with Gasteiger partial charge in [0.2, 0.25) is 0 Å². The van der Waals surface area contributed by atoms with E-state index < -0.39 is 0 Å². The fraction of sp³-hybridized carbons (Fsp3) is 0.900. The highest BCUT2D eigenvalue weighted by Crippen LogP contribution is 2.09. The first kappa shape index (κ1) is 11.4. The molecule has 0 radical (unpaired) electrons. The van der Waals surface area contributed by atoms with Crippen molar-refractivity contribution in [2.45, 2.75) is 52.6 Å². The van der Waals surface area contributed by atoms with Gasteiger partial charge in [-0.3, -0.25) is 5.32 Å². The van der Waals surface area contributed by atoms with Crippen LogP contribution in [0.4, 0.5) is 0 Å². The summed E-state index contributed by atoms with van der Waals surface area (Å²) in [6.07, 6.45) is 2.11. The maximum Gasteiger partial charge on any atom is 0.0957 e. The van der Waals surface area contributed by atoms with E-state index in [1.54, 1.807) is 0 Å². The molecule has 2 nitrogen and oxygen atoms in total. The molecule has 1 N–H and O–H groups in total. The lowest BCUT2D eigenvalue weighted by Gasteiger charge is -2.17. The van der Waals surface area contributed by atoms with Gasteiger partial charge in [-0.2, -0.15) is 5.26 Å². The Morgan fingerprint density at radius 3 is 2.25 bits per heavy atom. The molecule has 0 amide bonds. The Kier molecular flexibility index (Phi) is 5.74. The molecule has 70 valence electrons. The third-order valence-electron chi connectivity index (χ3n) is 2.03. The summed E-state index contributed by atoms with van der Waals surface area (Å²) in [5, 5.41) is 12.0. The van der Waals surface area contributed by atoms with Crippen molar-refractivity contribution in [1.29, 1.82) is 5.26 Å². The molecule has 2 atom stereocenters. The molecule has 0 aliphatic carbocycles. The fourth-order valence-electron chi connectivity index (χ4n) is 1.13. The molecule has 0 rings (SSSR count). The van der Waals surface area contributed by atoms with Crippen LogP contribution in [0.15, 0.2) is 0 Å². The summed E-state index contributed by atoms with van der Waals surface area (Å²) >= 11 is 0. The standard InChI is InChI=1S/C10H20N2/c1-5-9(4)6-10(7-11)12-8(2)3/h8-10,12H,5-6H2,1-4H3/t9-,10-/m1/s1. The largest absolute Gasteiger partial charge is 0.300 e. The minimum atomic E-state index is 0.0277. The van der Waals surface area contributed by atoms with Gasteiger partial charge in [-0.1, -0.05) is 20.3 Å². The van der Waals surface area contributed by atoms with Crippen molar-refractivity contribution in [2.75, 3.05) is 0 Å². The van der Waals surface area contributed by atoms with Gasteiger partial charge in [0.25, 0.3) is 0 Å². The molecule has 0 saturated heterocycles. The van der Waals surface area contributed by atoms with Crippen molar-refractivity contribution < 1.29 is 0 Å². The third-order valence-corrected chi connectivity index (χ3v) is 2.03. The molecule has 0 saturated carbocycles. The summed E-state index contributed by atoms with van der Waals surface area (Å²) < 4.78 is 0. The lowest BCUT2D eigenvalue weighted by atomic mass is 10.00. The van der Waals surface area contributed by atoms with Crippen LogP contribution in [0, 0.1) is 17.2 Å². The van der Waals surface area contributed by atoms with Crippen LogP contribution in [0.25, 0.3) is 0 Å². The average Bonchev–Trinajstić information content (AvgIpc) is 2.02. The number of hydrogen-bond acceptors (Lipinski definition) is 2. The number of nitrogens with one attached hydrogen (secondary N) is 1. The maximum absolute atomic E-state index is 8.81. The van der Waals surface area contributed by atoms with Gasteiger partial charge in [0.05, 0.1) is 12.1 Å². The summed E-state index contributed by atoms with van der Waals surface area (Å²) in [5.41, 5.74) is 0. The highest BCUT2D eigenvalue weighted by molar-refractivity contribution is 4.91. The molecule has 0 fully saturated rings. The highest BCUT2D eigenvalue weighted by Gasteiger charge is 2.11. The van der Waals surface area contributed by atoms with Crippen LogP contribution in [-0.2, 0) is 0 Å². The van der Waals surface area contributed by atoms with Gasteiger partial charge in [0.15, 0.2) is 0 Å². The Bertz CT molecular complexity index is 146. The highest BCUT2D eigenvalue weighted by atomic mass is 14.9. The van der Waals surface area contributed by atoms with Crippen LogP contribution in [0.5, 0.6) is 0 Å². The van der Waals surface area contributed by atoms with Crippen molar-refractivity contribution in [1.82, 2.24) is 5.32 Å². The Hall–Kier alpha value is -0.550. The van der Waals surface area contributed by atoms with Crippen LogP contribution < -0.4 is 5.32 Å². The molecule has 0 aromatic rings. The van der Waals surface area contributed by atoms with E-state index in [9.17, 15) is 0 Å². The van der Waals surface area contributed by atoms with Gasteiger partial charge in [0.1, 0.15) is 0 Å². The van der Waals surface area contributed by atoms with Crippen LogP contribution in [-0.4, -0.2) is 12.1 Å². The zero-order valence-electron chi connectivity index (χ0n) is 8.59. The Balaban J connectivity index is 3.77. The minimum absolute atomic E-state index is 0.0277. The minimum Gasteiger partial charge on any atom is -0.300 e. The van der Waals surface area contributed by atoms with Gasteiger partial charge < -0.3 is 0 Å². The van der Waals surface area contributed by atoms with E-state index in [1.165, 1.54) is 0 Å². The van der Waals surface area contributed by atoms with Gasteiger partial charge in [-0.25, -0.2) is 0 Å². The van der Waals surface area contributed by atoms with Gasteiger partial charge >= 0.3 is 0 Å². The Morgan fingerprint density at radius 1 is 1.33 bits per heavy atom. The second kappa shape index (κ2) is 6.02. The van der Waals surface area contributed by atoms with Crippen molar-refractivity contribution in [2.24, 2.45) is 5.92 Å². The molecular weight excluding hydrogens is 148 g/mol. The van der Waals surface area contributed by atoms with E-state index in [0.717, 1.165) is 12.8 Å². The monoisotopic (exact) mass is 168 g/mol. The maximum atomic E-state index is 8.81. The zero-order valence-corrected chi connectivity index (χ0v) is 8.59. The van der Waals surface area contributed by atoms with Crippen molar-refractivity contribution in [3.63, 3.8) is 0 Å². The molecule has 0 spiro atoms. The van der Waals surface area contributed by atoms with Crippen LogP contribution in [0.1, 0.15) is 40.5 Å². The second-order valence-electron chi connectivity index (χ2n) is 3.75. The molecule has 2 heteroatoms. The van der Waals surface area contributed by atoms with Crippen molar-refractivity contribution >= 4 is 0 Å². The number of hydrogen-bond donors (Lipinski definition) is 1. The first-order valence-electron chi connectivity index (χ1n) is 4.75. The summed E-state index contributed by atoms with van der Waals surface area (Å²) in [6, 6.07) is 2.72. The summed E-state index contributed by atoms with van der Waals surface area (Å²) in [4.78, 5) is 0. The Morgan fingerprint density at radius 2 is 1.92 bits per heavy atom. The molecule has 0 aliphatic heterocycles. The van der Waals surface area contributed by atoms with E-state index in [-0.39, 0.29) is 6.04 Å². The van der Waals surface area contributed by atoms with Crippen LogP contribution >= 0.6 is 0 Å². The summed E-state index contributed by atoms with van der Waals surface area (Å²) in [5.74, 6) is 0.640. The van der Waals surface area contributed by atoms with Crippen LogP contribution in [0.2, 0.25) is 0 Å². The van der Waals surface area contributed by atoms with E-state index in [1.807, 2.05) is 0 Å². The predicted molar refractivity (Wildman–Crippen MR) is 51.7 cm³/mol. The van der Waals surface area contributed by atoms with Crippen LogP contribution in [0.3, 0.4) is 0 Å². The SMILES string of the molecule is CC[C@@H](C)C[C@H](C#N)NC(C)C. The molecular formula is C10H20N2. The first-order chi connectivity index (χ1) is 5.60.